The molecule has 1 amide bonds. The molecule has 19 heavy (non-hydrogen) atoms. The van der Waals surface area contributed by atoms with E-state index < -0.39 is 0 Å². The van der Waals surface area contributed by atoms with Crippen molar-refractivity contribution in [2.45, 2.75) is 45.9 Å². The van der Waals surface area contributed by atoms with Gasteiger partial charge in [0.05, 0.1) is 6.10 Å². The molecule has 5 heteroatoms. The topological polar surface area (TPSA) is 43.3 Å². The van der Waals surface area contributed by atoms with Gasteiger partial charge in [0.15, 0.2) is 0 Å². The van der Waals surface area contributed by atoms with Crippen molar-refractivity contribution in [2.24, 2.45) is 5.41 Å². The van der Waals surface area contributed by atoms with Gasteiger partial charge in [0, 0.05) is 35.8 Å². The van der Waals surface area contributed by atoms with E-state index in [1.165, 1.54) is 0 Å². The maximum atomic E-state index is 12.3. The van der Waals surface area contributed by atoms with E-state index in [0.717, 1.165) is 17.4 Å². The highest BCUT2D eigenvalue weighted by molar-refractivity contribution is 9.10. The third kappa shape index (κ3) is 2.58. The zero-order chi connectivity index (χ0) is 14.2. The maximum Gasteiger partial charge on any atom is 0.268 e. The van der Waals surface area contributed by atoms with Crippen LogP contribution in [0.3, 0.4) is 0 Å². The van der Waals surface area contributed by atoms with E-state index in [1.54, 1.807) is 7.11 Å². The summed E-state index contributed by atoms with van der Waals surface area (Å²) in [4.78, 5) is 12.3. The van der Waals surface area contributed by atoms with Gasteiger partial charge >= 0.3 is 0 Å². The Labute approximate surface area is 122 Å². The first kappa shape index (κ1) is 14.6. The first-order valence-electron chi connectivity index (χ1n) is 6.59. The van der Waals surface area contributed by atoms with Crippen LogP contribution in [0.2, 0.25) is 0 Å². The Balaban J connectivity index is 2.06. The van der Waals surface area contributed by atoms with Gasteiger partial charge in [0.25, 0.3) is 5.91 Å². The Morgan fingerprint density at radius 2 is 2.32 bits per heavy atom. The molecule has 0 aromatic carbocycles. The minimum absolute atomic E-state index is 0.00865. The van der Waals surface area contributed by atoms with Crippen LogP contribution in [0.1, 0.15) is 37.7 Å². The fraction of sp³-hybridized carbons (Fsp3) is 0.643. The number of methoxy groups -OCH3 is 1. The second kappa shape index (κ2) is 5.29. The van der Waals surface area contributed by atoms with Gasteiger partial charge in [-0.15, -0.1) is 0 Å². The number of rotatable bonds is 4. The summed E-state index contributed by atoms with van der Waals surface area (Å²) < 4.78 is 8.28. The normalized spacial score (nSPS) is 24.9. The summed E-state index contributed by atoms with van der Waals surface area (Å²) in [5.41, 5.74) is 0.691. The van der Waals surface area contributed by atoms with Gasteiger partial charge in [-0.05, 0) is 35.3 Å². The maximum absolute atomic E-state index is 12.3. The van der Waals surface area contributed by atoms with Gasteiger partial charge < -0.3 is 14.6 Å². The van der Waals surface area contributed by atoms with Gasteiger partial charge in [-0.25, -0.2) is 0 Å². The fourth-order valence-electron chi connectivity index (χ4n) is 2.69. The lowest BCUT2D eigenvalue weighted by Crippen LogP contribution is -2.61. The Hall–Kier alpha value is -0.810. The van der Waals surface area contributed by atoms with Crippen LogP contribution in [-0.4, -0.2) is 29.7 Å². The average Bonchev–Trinajstić information content (AvgIpc) is 2.75. The Morgan fingerprint density at radius 1 is 1.63 bits per heavy atom. The molecule has 0 radical (unpaired) electrons. The molecule has 0 aliphatic heterocycles. The number of ether oxygens (including phenoxy) is 1. The van der Waals surface area contributed by atoms with Crippen LogP contribution in [0.25, 0.3) is 0 Å². The molecule has 106 valence electrons. The molecule has 1 saturated carbocycles. The molecule has 1 fully saturated rings. The number of amides is 1. The van der Waals surface area contributed by atoms with Gasteiger partial charge in [0.1, 0.15) is 5.69 Å². The molecule has 1 aliphatic carbocycles. The summed E-state index contributed by atoms with van der Waals surface area (Å²) in [5, 5.41) is 3.11. The van der Waals surface area contributed by atoms with E-state index in [2.05, 4.69) is 35.1 Å². The van der Waals surface area contributed by atoms with E-state index in [4.69, 9.17) is 4.74 Å². The van der Waals surface area contributed by atoms with Crippen molar-refractivity contribution >= 4 is 21.8 Å². The highest BCUT2D eigenvalue weighted by Crippen LogP contribution is 2.42. The van der Waals surface area contributed by atoms with Gasteiger partial charge in [-0.2, -0.15) is 0 Å². The summed E-state index contributed by atoms with van der Waals surface area (Å²) in [6.07, 6.45) is 3.03. The predicted molar refractivity (Wildman–Crippen MR) is 78.3 cm³/mol. The second-order valence-electron chi connectivity index (χ2n) is 5.64. The van der Waals surface area contributed by atoms with Crippen LogP contribution >= 0.6 is 15.9 Å². The lowest BCUT2D eigenvalue weighted by Gasteiger charge is -2.51. The molecule has 0 spiro atoms. The minimum atomic E-state index is -0.0137. The SMILES string of the molecule is CCn1cc(Br)cc1C(=O)NC1CC(OC)C1(C)C. The van der Waals surface area contributed by atoms with Crippen LogP contribution in [0, 0.1) is 5.41 Å². The molecule has 4 nitrogen and oxygen atoms in total. The van der Waals surface area contributed by atoms with E-state index >= 15 is 0 Å². The lowest BCUT2D eigenvalue weighted by molar-refractivity contribution is -0.0943. The van der Waals surface area contributed by atoms with Crippen molar-refractivity contribution in [1.29, 1.82) is 0 Å². The highest BCUT2D eigenvalue weighted by atomic mass is 79.9. The van der Waals surface area contributed by atoms with Crippen molar-refractivity contribution < 1.29 is 9.53 Å². The number of nitrogens with zero attached hydrogens (tertiary/aromatic N) is 1. The van der Waals surface area contributed by atoms with Crippen LogP contribution in [0.15, 0.2) is 16.7 Å². The van der Waals surface area contributed by atoms with E-state index in [-0.39, 0.29) is 23.5 Å². The quantitative estimate of drug-likeness (QED) is 0.923. The number of carbonyl (C=O) groups is 1. The fourth-order valence-corrected chi connectivity index (χ4v) is 3.15. The van der Waals surface area contributed by atoms with E-state index in [9.17, 15) is 4.79 Å². The largest absolute Gasteiger partial charge is 0.381 e. The smallest absolute Gasteiger partial charge is 0.268 e. The monoisotopic (exact) mass is 328 g/mol. The number of carbonyl (C=O) groups excluding carboxylic acids is 1. The molecule has 0 saturated heterocycles. The van der Waals surface area contributed by atoms with Crippen molar-refractivity contribution in [3.63, 3.8) is 0 Å². The summed E-state index contributed by atoms with van der Waals surface area (Å²) in [6, 6.07) is 2.03. The zero-order valence-electron chi connectivity index (χ0n) is 11.9. The van der Waals surface area contributed by atoms with Gasteiger partial charge in [0.2, 0.25) is 0 Å². The Bertz CT molecular complexity index is 482. The van der Waals surface area contributed by atoms with Crippen LogP contribution < -0.4 is 5.32 Å². The van der Waals surface area contributed by atoms with Crippen LogP contribution in [-0.2, 0) is 11.3 Å². The highest BCUT2D eigenvalue weighted by Gasteiger charge is 2.49. The van der Waals surface area contributed by atoms with Crippen molar-refractivity contribution in [1.82, 2.24) is 9.88 Å². The third-order valence-corrected chi connectivity index (χ3v) is 4.64. The van der Waals surface area contributed by atoms with Crippen LogP contribution in [0.4, 0.5) is 0 Å². The molecule has 2 unspecified atom stereocenters. The third-order valence-electron chi connectivity index (χ3n) is 4.20. The number of aromatic nitrogens is 1. The van der Waals surface area contributed by atoms with Gasteiger partial charge in [-0.1, -0.05) is 13.8 Å². The molecule has 2 atom stereocenters. The summed E-state index contributed by atoms with van der Waals surface area (Å²) in [6.45, 7) is 7.06. The summed E-state index contributed by atoms with van der Waals surface area (Å²) >= 11 is 3.41. The molecule has 1 aromatic rings. The molecule has 1 aromatic heterocycles. The first-order chi connectivity index (χ1) is 8.90. The molecule has 1 heterocycles. The molecule has 2 rings (SSSR count). The lowest BCUT2D eigenvalue weighted by atomic mass is 9.64. The standard InChI is InChI=1S/C14H21BrN2O2/c1-5-17-8-9(15)6-10(17)13(18)16-11-7-12(19-4)14(11,2)3/h6,8,11-12H,5,7H2,1-4H3,(H,16,18). The van der Waals surface area contributed by atoms with Crippen molar-refractivity contribution in [3.8, 4) is 0 Å². The number of nitrogens with one attached hydrogen (secondary N) is 1. The number of halogens is 1. The van der Waals surface area contributed by atoms with Crippen molar-refractivity contribution in [3.05, 3.63) is 22.4 Å². The number of aryl methyl sites for hydroxylation is 1. The molecule has 1 aliphatic rings. The number of hydrogen-bond acceptors (Lipinski definition) is 2. The second-order valence-corrected chi connectivity index (χ2v) is 6.55. The molecular weight excluding hydrogens is 308 g/mol. The van der Waals surface area contributed by atoms with Gasteiger partial charge in [-0.3, -0.25) is 4.79 Å². The summed E-state index contributed by atoms with van der Waals surface area (Å²) in [5.74, 6) is -0.0137. The zero-order valence-corrected chi connectivity index (χ0v) is 13.5. The first-order valence-corrected chi connectivity index (χ1v) is 7.38. The van der Waals surface area contributed by atoms with Crippen LogP contribution in [0.5, 0.6) is 0 Å². The van der Waals surface area contributed by atoms with E-state index in [1.807, 2.05) is 23.8 Å². The van der Waals surface area contributed by atoms with Crippen molar-refractivity contribution in [2.75, 3.05) is 7.11 Å². The molecule has 1 N–H and O–H groups in total. The summed E-state index contributed by atoms with van der Waals surface area (Å²) in [7, 11) is 1.73. The molecule has 0 bridgehead atoms. The van der Waals surface area contributed by atoms with E-state index in [0.29, 0.717) is 5.69 Å². The minimum Gasteiger partial charge on any atom is -0.381 e. The Morgan fingerprint density at radius 3 is 2.84 bits per heavy atom. The molecular formula is C14H21BrN2O2. The average molecular weight is 329 g/mol. The number of hydrogen-bond donors (Lipinski definition) is 1. The Kier molecular flexibility index (Phi) is 4.06. The predicted octanol–water partition coefficient (Wildman–Crippen LogP) is 2.81.